The van der Waals surface area contributed by atoms with Crippen molar-refractivity contribution in [2.24, 2.45) is 0 Å². The monoisotopic (exact) mass is 318 g/mol. The van der Waals surface area contributed by atoms with Gasteiger partial charge in [0.05, 0.1) is 21.8 Å². The fraction of sp³-hybridized carbons (Fsp3) is 0.0769. The molecule has 2 rings (SSSR count). The van der Waals surface area contributed by atoms with E-state index < -0.39 is 29.3 Å². The lowest BCUT2D eigenvalue weighted by Crippen LogP contribution is -2.17. The van der Waals surface area contributed by atoms with Gasteiger partial charge in [-0.15, -0.1) is 0 Å². The third-order valence-electron chi connectivity index (χ3n) is 2.55. The van der Waals surface area contributed by atoms with Crippen LogP contribution in [0, 0.1) is 5.95 Å². The van der Waals surface area contributed by atoms with Gasteiger partial charge < -0.3 is 5.32 Å². The summed E-state index contributed by atoms with van der Waals surface area (Å²) >= 11 is 5.70. The Morgan fingerprint density at radius 1 is 1.19 bits per heavy atom. The number of para-hydroxylation sites is 1. The number of amides is 1. The van der Waals surface area contributed by atoms with Crippen LogP contribution in [0.3, 0.4) is 0 Å². The Balaban J connectivity index is 2.35. The Morgan fingerprint density at radius 3 is 2.48 bits per heavy atom. The lowest BCUT2D eigenvalue weighted by molar-refractivity contribution is -0.136. The van der Waals surface area contributed by atoms with Gasteiger partial charge in [0, 0.05) is 6.20 Å². The summed E-state index contributed by atoms with van der Waals surface area (Å²) in [6.07, 6.45) is -3.76. The highest BCUT2D eigenvalue weighted by Gasteiger charge is 2.34. The van der Waals surface area contributed by atoms with Gasteiger partial charge in [0.2, 0.25) is 5.95 Å². The summed E-state index contributed by atoms with van der Waals surface area (Å²) in [5, 5.41) is 1.81. The summed E-state index contributed by atoms with van der Waals surface area (Å²) < 4.78 is 51.2. The zero-order valence-electron chi connectivity index (χ0n) is 10.2. The predicted octanol–water partition coefficient (Wildman–Crippen LogP) is 4.15. The Labute approximate surface area is 121 Å². The predicted molar refractivity (Wildman–Crippen MR) is 68.6 cm³/mol. The van der Waals surface area contributed by atoms with Crippen molar-refractivity contribution in [1.29, 1.82) is 0 Å². The van der Waals surface area contributed by atoms with Gasteiger partial charge in [0.1, 0.15) is 0 Å². The molecule has 3 nitrogen and oxygen atoms in total. The quantitative estimate of drug-likeness (QED) is 0.668. The van der Waals surface area contributed by atoms with E-state index in [1.54, 1.807) is 0 Å². The number of anilines is 1. The van der Waals surface area contributed by atoms with Gasteiger partial charge in [-0.05, 0) is 24.3 Å². The van der Waals surface area contributed by atoms with Gasteiger partial charge in [-0.25, -0.2) is 4.98 Å². The number of hydrogen-bond acceptors (Lipinski definition) is 2. The lowest BCUT2D eigenvalue weighted by Gasteiger charge is -2.15. The number of carbonyl (C=O) groups is 1. The molecule has 0 bridgehead atoms. The molecule has 0 atom stereocenters. The number of hydrogen-bond donors (Lipinski definition) is 1. The molecule has 0 fully saturated rings. The first kappa shape index (κ1) is 15.2. The maximum absolute atomic E-state index is 12.9. The molecule has 8 heteroatoms. The number of nitrogens with zero attached hydrogens (tertiary/aromatic N) is 1. The normalized spacial score (nSPS) is 11.3. The molecule has 0 unspecified atom stereocenters. The molecule has 0 radical (unpaired) electrons. The molecule has 1 aromatic heterocycles. The maximum atomic E-state index is 12.9. The molecule has 0 aliphatic heterocycles. The average Bonchev–Trinajstić information content (AvgIpc) is 2.40. The first-order valence-electron chi connectivity index (χ1n) is 5.57. The van der Waals surface area contributed by atoms with Crippen LogP contribution < -0.4 is 5.32 Å². The summed E-state index contributed by atoms with van der Waals surface area (Å²) in [4.78, 5) is 15.1. The second-order valence-corrected chi connectivity index (χ2v) is 4.39. The number of rotatable bonds is 2. The molecule has 0 aliphatic carbocycles. The topological polar surface area (TPSA) is 42.0 Å². The lowest BCUT2D eigenvalue weighted by atomic mass is 10.1. The minimum atomic E-state index is -4.67. The fourth-order valence-corrected chi connectivity index (χ4v) is 1.81. The maximum Gasteiger partial charge on any atom is 0.418 e. The second kappa shape index (κ2) is 5.69. The highest BCUT2D eigenvalue weighted by Crippen LogP contribution is 2.38. The van der Waals surface area contributed by atoms with Crippen molar-refractivity contribution in [3.63, 3.8) is 0 Å². The van der Waals surface area contributed by atoms with Gasteiger partial charge in [0.15, 0.2) is 0 Å². The summed E-state index contributed by atoms with van der Waals surface area (Å²) in [7, 11) is 0. The van der Waals surface area contributed by atoms with E-state index in [1.165, 1.54) is 6.07 Å². The van der Waals surface area contributed by atoms with Crippen LogP contribution >= 0.6 is 11.6 Å². The molecule has 0 saturated carbocycles. The molecule has 1 amide bonds. The Kier molecular flexibility index (Phi) is 4.13. The van der Waals surface area contributed by atoms with Crippen molar-refractivity contribution in [3.8, 4) is 0 Å². The largest absolute Gasteiger partial charge is 0.418 e. The Hall–Kier alpha value is -2.15. The summed E-state index contributed by atoms with van der Waals surface area (Å²) in [6.45, 7) is 0. The summed E-state index contributed by atoms with van der Waals surface area (Å²) in [6, 6.07) is 5.16. The Bertz CT molecular complexity index is 671. The van der Waals surface area contributed by atoms with Gasteiger partial charge in [-0.2, -0.15) is 17.6 Å². The number of nitrogens with one attached hydrogen (secondary N) is 1. The summed E-state index contributed by atoms with van der Waals surface area (Å²) in [5.74, 6) is -1.68. The minimum Gasteiger partial charge on any atom is -0.320 e. The number of aromatic nitrogens is 1. The van der Waals surface area contributed by atoms with Crippen molar-refractivity contribution >= 4 is 23.2 Å². The SMILES string of the molecule is O=C(Nc1c(Cl)cccc1C(F)(F)F)c1ccc(F)nc1. The van der Waals surface area contributed by atoms with Crippen LogP contribution in [0.15, 0.2) is 36.5 Å². The van der Waals surface area contributed by atoms with Crippen LogP contribution in [0.25, 0.3) is 0 Å². The molecule has 1 heterocycles. The number of carbonyl (C=O) groups excluding carboxylic acids is 1. The molecule has 0 saturated heterocycles. The average molecular weight is 319 g/mol. The molecular weight excluding hydrogens is 312 g/mol. The van der Waals surface area contributed by atoms with E-state index in [0.29, 0.717) is 0 Å². The van der Waals surface area contributed by atoms with Gasteiger partial charge in [-0.1, -0.05) is 17.7 Å². The van der Waals surface area contributed by atoms with Crippen LogP contribution in [-0.2, 0) is 6.18 Å². The number of alkyl halides is 3. The number of halogens is 5. The van der Waals surface area contributed by atoms with Crippen LogP contribution in [-0.4, -0.2) is 10.9 Å². The van der Waals surface area contributed by atoms with Crippen LogP contribution in [0.2, 0.25) is 5.02 Å². The highest BCUT2D eigenvalue weighted by atomic mass is 35.5. The zero-order valence-corrected chi connectivity index (χ0v) is 11.0. The van der Waals surface area contributed by atoms with Gasteiger partial charge in [0.25, 0.3) is 5.91 Å². The molecule has 2 aromatic rings. The van der Waals surface area contributed by atoms with Crippen LogP contribution in [0.4, 0.5) is 23.2 Å². The number of benzene rings is 1. The van der Waals surface area contributed by atoms with E-state index >= 15 is 0 Å². The van der Waals surface area contributed by atoms with E-state index in [-0.39, 0.29) is 10.6 Å². The third-order valence-corrected chi connectivity index (χ3v) is 2.86. The smallest absolute Gasteiger partial charge is 0.320 e. The highest BCUT2D eigenvalue weighted by molar-refractivity contribution is 6.34. The van der Waals surface area contributed by atoms with Gasteiger partial charge >= 0.3 is 6.18 Å². The van der Waals surface area contributed by atoms with Crippen molar-refractivity contribution in [2.75, 3.05) is 5.32 Å². The fourth-order valence-electron chi connectivity index (χ4n) is 1.58. The molecule has 1 N–H and O–H groups in total. The second-order valence-electron chi connectivity index (χ2n) is 3.98. The van der Waals surface area contributed by atoms with E-state index in [1.807, 2.05) is 0 Å². The van der Waals surface area contributed by atoms with Crippen LogP contribution in [0.5, 0.6) is 0 Å². The molecule has 0 spiro atoms. The number of pyridine rings is 1. The molecule has 0 aliphatic rings. The molecule has 21 heavy (non-hydrogen) atoms. The van der Waals surface area contributed by atoms with Crippen molar-refractivity contribution < 1.29 is 22.4 Å². The van der Waals surface area contributed by atoms with E-state index in [4.69, 9.17) is 11.6 Å². The first-order chi connectivity index (χ1) is 9.79. The molecular formula is C13H7ClF4N2O. The molecule has 1 aromatic carbocycles. The first-order valence-corrected chi connectivity index (χ1v) is 5.95. The summed E-state index contributed by atoms with van der Waals surface area (Å²) in [5.41, 5.74) is -1.72. The van der Waals surface area contributed by atoms with Crippen molar-refractivity contribution in [3.05, 3.63) is 58.6 Å². The minimum absolute atomic E-state index is 0.0931. The zero-order chi connectivity index (χ0) is 15.6. The van der Waals surface area contributed by atoms with E-state index in [2.05, 4.69) is 10.3 Å². The van der Waals surface area contributed by atoms with Crippen molar-refractivity contribution in [2.45, 2.75) is 6.18 Å². The Morgan fingerprint density at radius 2 is 1.90 bits per heavy atom. The molecule has 110 valence electrons. The van der Waals surface area contributed by atoms with E-state index in [0.717, 1.165) is 30.5 Å². The third kappa shape index (κ3) is 3.49. The van der Waals surface area contributed by atoms with Gasteiger partial charge in [-0.3, -0.25) is 4.79 Å². The van der Waals surface area contributed by atoms with Crippen LogP contribution in [0.1, 0.15) is 15.9 Å². The van der Waals surface area contributed by atoms with E-state index in [9.17, 15) is 22.4 Å². The standard InChI is InChI=1S/C13H7ClF4N2O/c14-9-3-1-2-8(13(16,17)18)11(9)20-12(21)7-4-5-10(15)19-6-7/h1-6H,(H,20,21). The van der Waals surface area contributed by atoms with Crippen molar-refractivity contribution in [1.82, 2.24) is 4.98 Å².